The molecule has 0 atom stereocenters. The molecule has 2 aromatic carbocycles. The normalized spacial score (nSPS) is 17.1. The number of amides is 1. The summed E-state index contributed by atoms with van der Waals surface area (Å²) in [5.41, 5.74) is 3.43. The SMILES string of the molecule is COCCN1CCCc2ccc(NC(=O)/C=C3\CCCOc4cc(C(F)(F)F)ccc43)cc21. The van der Waals surface area contributed by atoms with Gasteiger partial charge < -0.3 is 19.7 Å². The van der Waals surface area contributed by atoms with Crippen molar-refractivity contribution < 1.29 is 27.4 Å². The maximum absolute atomic E-state index is 13.1. The second kappa shape index (κ2) is 9.87. The van der Waals surface area contributed by atoms with Crippen LogP contribution in [-0.4, -0.2) is 39.3 Å². The predicted octanol–water partition coefficient (Wildman–Crippen LogP) is 5.30. The van der Waals surface area contributed by atoms with Crippen LogP contribution in [-0.2, 0) is 22.1 Å². The lowest BCUT2D eigenvalue weighted by Gasteiger charge is -2.31. The number of hydrogen-bond acceptors (Lipinski definition) is 4. The van der Waals surface area contributed by atoms with Crippen LogP contribution in [0.25, 0.3) is 5.57 Å². The van der Waals surface area contributed by atoms with Crippen LogP contribution in [0.2, 0.25) is 0 Å². The maximum atomic E-state index is 13.1. The van der Waals surface area contributed by atoms with E-state index >= 15 is 0 Å². The van der Waals surface area contributed by atoms with Gasteiger partial charge in [-0.25, -0.2) is 0 Å². The molecule has 2 heterocycles. The topological polar surface area (TPSA) is 50.8 Å². The van der Waals surface area contributed by atoms with E-state index in [4.69, 9.17) is 9.47 Å². The zero-order valence-electron chi connectivity index (χ0n) is 18.5. The van der Waals surface area contributed by atoms with Gasteiger partial charge in [-0.15, -0.1) is 0 Å². The van der Waals surface area contributed by atoms with E-state index in [1.165, 1.54) is 17.7 Å². The van der Waals surface area contributed by atoms with E-state index in [9.17, 15) is 18.0 Å². The second-order valence-electron chi connectivity index (χ2n) is 8.25. The van der Waals surface area contributed by atoms with Gasteiger partial charge in [-0.3, -0.25) is 4.79 Å². The van der Waals surface area contributed by atoms with Crippen LogP contribution in [0.3, 0.4) is 0 Å². The molecule has 2 aliphatic heterocycles. The summed E-state index contributed by atoms with van der Waals surface area (Å²) in [5.74, 6) is -0.166. The molecule has 0 fully saturated rings. The van der Waals surface area contributed by atoms with Gasteiger partial charge in [-0.05, 0) is 61.1 Å². The van der Waals surface area contributed by atoms with Crippen molar-refractivity contribution in [2.45, 2.75) is 31.9 Å². The minimum atomic E-state index is -4.45. The molecule has 0 bridgehead atoms. The Balaban J connectivity index is 1.55. The number of nitrogens with zero attached hydrogens (tertiary/aromatic N) is 1. The predicted molar refractivity (Wildman–Crippen MR) is 122 cm³/mol. The Morgan fingerprint density at radius 2 is 2.03 bits per heavy atom. The van der Waals surface area contributed by atoms with Crippen LogP contribution < -0.4 is 15.0 Å². The van der Waals surface area contributed by atoms with Crippen LogP contribution in [0.15, 0.2) is 42.5 Å². The smallest absolute Gasteiger partial charge is 0.416 e. The Morgan fingerprint density at radius 1 is 1.18 bits per heavy atom. The summed E-state index contributed by atoms with van der Waals surface area (Å²) in [7, 11) is 1.68. The molecule has 33 heavy (non-hydrogen) atoms. The Kier molecular flexibility index (Phi) is 6.93. The minimum absolute atomic E-state index is 0.156. The third-order valence-corrected chi connectivity index (χ3v) is 5.94. The third kappa shape index (κ3) is 5.50. The van der Waals surface area contributed by atoms with Crippen molar-refractivity contribution in [1.29, 1.82) is 0 Å². The van der Waals surface area contributed by atoms with Crippen molar-refractivity contribution in [2.75, 3.05) is 43.6 Å². The number of rotatable bonds is 5. The highest BCUT2D eigenvalue weighted by Crippen LogP contribution is 2.38. The lowest BCUT2D eigenvalue weighted by Crippen LogP contribution is -2.32. The molecule has 0 spiro atoms. The standard InChI is InChI=1S/C25H27F3N2O3/c1-32-13-11-30-10-2-4-17-6-8-20(16-22(17)30)29-24(31)14-18-5-3-12-33-23-15-19(25(26,27)28)7-9-21(18)23/h6-9,14-16H,2-5,10-13H2,1H3,(H,29,31)/b18-14+. The van der Waals surface area contributed by atoms with Gasteiger partial charge in [0.15, 0.2) is 0 Å². The molecule has 0 unspecified atom stereocenters. The molecule has 0 aliphatic carbocycles. The van der Waals surface area contributed by atoms with Gasteiger partial charge in [0.2, 0.25) is 5.91 Å². The summed E-state index contributed by atoms with van der Waals surface area (Å²) in [6.45, 7) is 2.64. The average Bonchev–Trinajstić information content (AvgIpc) is 2.98. The summed E-state index contributed by atoms with van der Waals surface area (Å²) in [6, 6.07) is 9.30. The zero-order chi connectivity index (χ0) is 23.4. The molecule has 2 aromatic rings. The van der Waals surface area contributed by atoms with Gasteiger partial charge in [-0.2, -0.15) is 13.2 Å². The molecule has 176 valence electrons. The van der Waals surface area contributed by atoms with Crippen LogP contribution in [0.4, 0.5) is 24.5 Å². The Morgan fingerprint density at radius 3 is 2.82 bits per heavy atom. The van der Waals surface area contributed by atoms with Gasteiger partial charge >= 0.3 is 6.18 Å². The summed E-state index contributed by atoms with van der Waals surface area (Å²) in [6.07, 6.45) is 0.238. The van der Waals surface area contributed by atoms with E-state index in [0.717, 1.165) is 43.8 Å². The molecule has 0 saturated heterocycles. The summed E-state index contributed by atoms with van der Waals surface area (Å²) in [4.78, 5) is 15.1. The van der Waals surface area contributed by atoms with Crippen LogP contribution in [0.1, 0.15) is 36.0 Å². The number of fused-ring (bicyclic) bond motifs is 2. The number of aryl methyl sites for hydroxylation is 1. The monoisotopic (exact) mass is 460 g/mol. The number of allylic oxidation sites excluding steroid dienone is 1. The van der Waals surface area contributed by atoms with E-state index in [0.29, 0.717) is 42.9 Å². The lowest BCUT2D eigenvalue weighted by molar-refractivity contribution is -0.137. The zero-order valence-corrected chi connectivity index (χ0v) is 18.5. The lowest BCUT2D eigenvalue weighted by atomic mass is 9.98. The van der Waals surface area contributed by atoms with Gasteiger partial charge in [0.05, 0.1) is 18.8 Å². The summed E-state index contributed by atoms with van der Waals surface area (Å²) in [5, 5.41) is 2.91. The van der Waals surface area contributed by atoms with Crippen LogP contribution in [0.5, 0.6) is 5.75 Å². The van der Waals surface area contributed by atoms with Crippen molar-refractivity contribution in [2.24, 2.45) is 0 Å². The van der Waals surface area contributed by atoms with E-state index in [-0.39, 0.29) is 11.7 Å². The Hall–Kier alpha value is -3.00. The highest BCUT2D eigenvalue weighted by molar-refractivity contribution is 6.04. The van der Waals surface area contributed by atoms with Gasteiger partial charge in [0, 0.05) is 43.2 Å². The number of carbonyl (C=O) groups is 1. The molecule has 8 heteroatoms. The number of anilines is 2. The van der Waals surface area contributed by atoms with Crippen molar-refractivity contribution in [1.82, 2.24) is 0 Å². The highest BCUT2D eigenvalue weighted by Gasteiger charge is 2.32. The largest absolute Gasteiger partial charge is 0.493 e. The van der Waals surface area contributed by atoms with Gasteiger partial charge in [0.1, 0.15) is 5.75 Å². The fourth-order valence-corrected chi connectivity index (χ4v) is 4.31. The fraction of sp³-hybridized carbons (Fsp3) is 0.400. The van der Waals surface area contributed by atoms with Gasteiger partial charge in [0.25, 0.3) is 0 Å². The number of halogens is 3. The number of hydrogen-bond donors (Lipinski definition) is 1. The number of benzene rings is 2. The third-order valence-electron chi connectivity index (χ3n) is 5.94. The van der Waals surface area contributed by atoms with E-state index in [1.807, 2.05) is 18.2 Å². The Labute approximate surface area is 191 Å². The van der Waals surface area contributed by atoms with E-state index < -0.39 is 11.7 Å². The van der Waals surface area contributed by atoms with Crippen molar-refractivity contribution in [3.8, 4) is 5.75 Å². The molecular weight excluding hydrogens is 433 g/mol. The molecule has 1 amide bonds. The molecule has 0 radical (unpaired) electrons. The molecule has 0 saturated carbocycles. The summed E-state index contributed by atoms with van der Waals surface area (Å²) >= 11 is 0. The number of carbonyl (C=O) groups excluding carboxylic acids is 1. The molecule has 1 N–H and O–H groups in total. The number of methoxy groups -OCH3 is 1. The van der Waals surface area contributed by atoms with Crippen molar-refractivity contribution in [3.05, 3.63) is 59.2 Å². The quantitative estimate of drug-likeness (QED) is 0.616. The maximum Gasteiger partial charge on any atom is 0.416 e. The van der Waals surface area contributed by atoms with Crippen molar-refractivity contribution in [3.63, 3.8) is 0 Å². The summed E-state index contributed by atoms with van der Waals surface area (Å²) < 4.78 is 50.0. The molecule has 2 aliphatic rings. The average molecular weight is 460 g/mol. The van der Waals surface area contributed by atoms with E-state index in [2.05, 4.69) is 10.2 Å². The van der Waals surface area contributed by atoms with Crippen LogP contribution in [0, 0.1) is 0 Å². The minimum Gasteiger partial charge on any atom is -0.493 e. The first-order valence-corrected chi connectivity index (χ1v) is 11.1. The second-order valence-corrected chi connectivity index (χ2v) is 8.25. The molecule has 5 nitrogen and oxygen atoms in total. The highest BCUT2D eigenvalue weighted by atomic mass is 19.4. The number of alkyl halides is 3. The molecular formula is C25H27F3N2O3. The number of nitrogens with one attached hydrogen (secondary N) is 1. The first kappa shape index (κ1) is 23.2. The molecule has 4 rings (SSSR count). The van der Waals surface area contributed by atoms with Crippen LogP contribution >= 0.6 is 0 Å². The number of ether oxygens (including phenoxy) is 2. The Bertz CT molecular complexity index is 1050. The van der Waals surface area contributed by atoms with E-state index in [1.54, 1.807) is 7.11 Å². The fourth-order valence-electron chi connectivity index (χ4n) is 4.31. The first-order valence-electron chi connectivity index (χ1n) is 11.1. The first-order chi connectivity index (χ1) is 15.8. The van der Waals surface area contributed by atoms with Crippen molar-refractivity contribution >= 4 is 22.9 Å². The van der Waals surface area contributed by atoms with Gasteiger partial charge in [-0.1, -0.05) is 12.1 Å². The molecule has 0 aromatic heterocycles.